The van der Waals surface area contributed by atoms with Gasteiger partial charge in [-0.05, 0) is 24.6 Å². The van der Waals surface area contributed by atoms with Crippen molar-refractivity contribution in [1.29, 1.82) is 0 Å². The maximum atomic E-state index is 11.6. The lowest BCUT2D eigenvalue weighted by Crippen LogP contribution is -2.33. The van der Waals surface area contributed by atoms with Crippen LogP contribution in [-0.4, -0.2) is 45.1 Å². The number of imidazole rings is 1. The first-order valence-corrected chi connectivity index (χ1v) is 8.91. The molecular weight excluding hydrogens is 344 g/mol. The van der Waals surface area contributed by atoms with Crippen molar-refractivity contribution in [3.05, 3.63) is 48.7 Å². The van der Waals surface area contributed by atoms with Crippen LogP contribution in [0.2, 0.25) is 0 Å². The standard InChI is InChI=1S/C20H18N4O3/c1-23-14(6-9-20(23)25)12-26-19-8-7-18-21-11-15(24(18)22-19)17-10-13-4-2-3-5-16(13)27-17/h2-5,7-8,10-11,14H,6,9,12H2,1H3/t14-/m0/s1. The third kappa shape index (κ3) is 2.71. The number of rotatable bonds is 4. The second kappa shape index (κ2) is 6.12. The molecule has 1 aromatic carbocycles. The van der Waals surface area contributed by atoms with E-state index in [1.165, 1.54) is 0 Å². The fourth-order valence-electron chi connectivity index (χ4n) is 3.45. The normalized spacial score (nSPS) is 17.3. The number of furan rings is 1. The van der Waals surface area contributed by atoms with Gasteiger partial charge in [0, 0.05) is 24.9 Å². The Kier molecular flexibility index (Phi) is 3.60. The van der Waals surface area contributed by atoms with Crippen molar-refractivity contribution in [3.8, 4) is 17.3 Å². The van der Waals surface area contributed by atoms with Crippen molar-refractivity contribution in [2.24, 2.45) is 0 Å². The maximum absolute atomic E-state index is 11.6. The van der Waals surface area contributed by atoms with Crippen molar-refractivity contribution in [2.75, 3.05) is 13.7 Å². The summed E-state index contributed by atoms with van der Waals surface area (Å²) in [5, 5.41) is 5.59. The highest BCUT2D eigenvalue weighted by molar-refractivity contribution is 5.82. The van der Waals surface area contributed by atoms with Crippen LogP contribution in [0.3, 0.4) is 0 Å². The predicted molar refractivity (Wildman–Crippen MR) is 99.5 cm³/mol. The Hall–Kier alpha value is -3.35. The third-order valence-corrected chi connectivity index (χ3v) is 5.07. The first-order chi connectivity index (χ1) is 13.2. The van der Waals surface area contributed by atoms with Gasteiger partial charge in [0.15, 0.2) is 11.4 Å². The Balaban J connectivity index is 1.44. The summed E-state index contributed by atoms with van der Waals surface area (Å²) in [5.74, 6) is 1.36. The largest absolute Gasteiger partial charge is 0.474 e. The minimum absolute atomic E-state index is 0.0904. The lowest BCUT2D eigenvalue weighted by molar-refractivity contribution is -0.127. The highest BCUT2D eigenvalue weighted by Gasteiger charge is 2.28. The highest BCUT2D eigenvalue weighted by Crippen LogP contribution is 2.28. The molecular formula is C20H18N4O3. The lowest BCUT2D eigenvalue weighted by Gasteiger charge is -2.19. The smallest absolute Gasteiger partial charge is 0.231 e. The van der Waals surface area contributed by atoms with Gasteiger partial charge in [0.05, 0.1) is 12.2 Å². The molecule has 0 spiro atoms. The van der Waals surface area contributed by atoms with Gasteiger partial charge in [-0.3, -0.25) is 4.79 Å². The maximum Gasteiger partial charge on any atom is 0.231 e. The van der Waals surface area contributed by atoms with E-state index >= 15 is 0 Å². The van der Waals surface area contributed by atoms with Gasteiger partial charge < -0.3 is 14.1 Å². The van der Waals surface area contributed by atoms with Crippen molar-refractivity contribution >= 4 is 22.5 Å². The van der Waals surface area contributed by atoms with Crippen LogP contribution in [0.1, 0.15) is 12.8 Å². The fourth-order valence-corrected chi connectivity index (χ4v) is 3.45. The molecule has 4 aromatic rings. The number of amides is 1. The van der Waals surface area contributed by atoms with E-state index in [0.717, 1.165) is 23.1 Å². The number of carbonyl (C=O) groups excluding carboxylic acids is 1. The summed E-state index contributed by atoms with van der Waals surface area (Å²) in [6, 6.07) is 13.6. The van der Waals surface area contributed by atoms with Gasteiger partial charge in [0.25, 0.3) is 0 Å². The Morgan fingerprint density at radius 3 is 2.96 bits per heavy atom. The number of benzene rings is 1. The number of hydrogen-bond acceptors (Lipinski definition) is 5. The SMILES string of the molecule is CN1C(=O)CC[C@H]1COc1ccc2ncc(-c3cc4ccccc4o3)n2n1. The zero-order valence-electron chi connectivity index (χ0n) is 14.8. The molecule has 3 aromatic heterocycles. The molecule has 7 nitrogen and oxygen atoms in total. The molecule has 27 heavy (non-hydrogen) atoms. The van der Waals surface area contributed by atoms with E-state index in [0.29, 0.717) is 30.3 Å². The van der Waals surface area contributed by atoms with Crippen LogP contribution in [0.15, 0.2) is 53.1 Å². The summed E-state index contributed by atoms with van der Waals surface area (Å²) in [5.41, 5.74) is 2.30. The topological polar surface area (TPSA) is 72.9 Å². The summed E-state index contributed by atoms with van der Waals surface area (Å²) < 4.78 is 13.5. The number of aromatic nitrogens is 3. The van der Waals surface area contributed by atoms with Gasteiger partial charge in [-0.15, -0.1) is 5.10 Å². The van der Waals surface area contributed by atoms with Crippen LogP contribution in [-0.2, 0) is 4.79 Å². The molecule has 5 rings (SSSR count). The van der Waals surface area contributed by atoms with Crippen LogP contribution in [0.4, 0.5) is 0 Å². The van der Waals surface area contributed by atoms with Gasteiger partial charge in [0.2, 0.25) is 11.8 Å². The molecule has 0 saturated carbocycles. The van der Waals surface area contributed by atoms with Crippen molar-refractivity contribution in [2.45, 2.75) is 18.9 Å². The fraction of sp³-hybridized carbons (Fsp3) is 0.250. The van der Waals surface area contributed by atoms with Crippen molar-refractivity contribution in [3.63, 3.8) is 0 Å². The molecule has 1 aliphatic rings. The molecule has 1 atom stereocenters. The second-order valence-corrected chi connectivity index (χ2v) is 6.74. The monoisotopic (exact) mass is 362 g/mol. The third-order valence-electron chi connectivity index (χ3n) is 5.07. The van der Waals surface area contributed by atoms with Crippen LogP contribution in [0.5, 0.6) is 5.88 Å². The summed E-state index contributed by atoms with van der Waals surface area (Å²) in [6.07, 6.45) is 3.13. The summed E-state index contributed by atoms with van der Waals surface area (Å²) >= 11 is 0. The first-order valence-electron chi connectivity index (χ1n) is 8.91. The number of likely N-dealkylation sites (N-methyl/N-ethyl adjacent to an activating group) is 1. The van der Waals surface area contributed by atoms with Gasteiger partial charge >= 0.3 is 0 Å². The molecule has 0 unspecified atom stereocenters. The second-order valence-electron chi connectivity index (χ2n) is 6.74. The molecule has 0 bridgehead atoms. The van der Waals surface area contributed by atoms with E-state index in [1.54, 1.807) is 21.7 Å². The summed E-state index contributed by atoms with van der Waals surface area (Å²) in [6.45, 7) is 0.426. The molecule has 136 valence electrons. The quantitative estimate of drug-likeness (QED) is 0.558. The van der Waals surface area contributed by atoms with Gasteiger partial charge in [0.1, 0.15) is 17.9 Å². The minimum Gasteiger partial charge on any atom is -0.474 e. The molecule has 0 radical (unpaired) electrons. The Bertz CT molecular complexity index is 1110. The number of likely N-dealkylation sites (tertiary alicyclic amines) is 1. The summed E-state index contributed by atoms with van der Waals surface area (Å²) in [7, 11) is 1.82. The molecule has 0 aliphatic carbocycles. The molecule has 1 fully saturated rings. The zero-order chi connectivity index (χ0) is 18.4. The molecule has 1 aliphatic heterocycles. The van der Waals surface area contributed by atoms with E-state index in [1.807, 2.05) is 43.4 Å². The number of nitrogens with zero attached hydrogens (tertiary/aromatic N) is 4. The number of hydrogen-bond donors (Lipinski definition) is 0. The Labute approximate surface area is 155 Å². The molecule has 7 heteroatoms. The Morgan fingerprint density at radius 1 is 1.26 bits per heavy atom. The van der Waals surface area contributed by atoms with Crippen LogP contribution < -0.4 is 4.74 Å². The zero-order valence-corrected chi connectivity index (χ0v) is 14.8. The van der Waals surface area contributed by atoms with E-state index in [4.69, 9.17) is 9.15 Å². The summed E-state index contributed by atoms with van der Waals surface area (Å²) in [4.78, 5) is 17.8. The average Bonchev–Trinajstić information content (AvgIpc) is 3.37. The highest BCUT2D eigenvalue weighted by atomic mass is 16.5. The van der Waals surface area contributed by atoms with Gasteiger partial charge in [-0.2, -0.15) is 0 Å². The van der Waals surface area contributed by atoms with Crippen LogP contribution >= 0.6 is 0 Å². The molecule has 1 saturated heterocycles. The van der Waals surface area contributed by atoms with E-state index in [9.17, 15) is 4.79 Å². The van der Waals surface area contributed by atoms with Gasteiger partial charge in [-0.1, -0.05) is 18.2 Å². The van der Waals surface area contributed by atoms with E-state index in [-0.39, 0.29) is 11.9 Å². The molecule has 1 amide bonds. The van der Waals surface area contributed by atoms with E-state index in [2.05, 4.69) is 10.1 Å². The first kappa shape index (κ1) is 15.9. The molecule has 0 N–H and O–H groups in total. The van der Waals surface area contributed by atoms with Crippen LogP contribution in [0.25, 0.3) is 28.1 Å². The molecule has 4 heterocycles. The number of para-hydroxylation sites is 1. The van der Waals surface area contributed by atoms with E-state index < -0.39 is 0 Å². The average molecular weight is 362 g/mol. The van der Waals surface area contributed by atoms with Crippen molar-refractivity contribution in [1.82, 2.24) is 19.5 Å². The van der Waals surface area contributed by atoms with Gasteiger partial charge in [-0.25, -0.2) is 9.50 Å². The lowest BCUT2D eigenvalue weighted by atomic mass is 10.2. The predicted octanol–water partition coefficient (Wildman–Crippen LogP) is 3.14. The number of carbonyl (C=O) groups is 1. The number of ether oxygens (including phenoxy) is 1. The number of fused-ring (bicyclic) bond motifs is 2. The Morgan fingerprint density at radius 2 is 2.15 bits per heavy atom. The van der Waals surface area contributed by atoms with Crippen molar-refractivity contribution < 1.29 is 13.9 Å². The van der Waals surface area contributed by atoms with Crippen LogP contribution in [0, 0.1) is 0 Å². The minimum atomic E-state index is 0.0904.